The molecular formula is C21H22ClN3O2. The molecule has 0 unspecified atom stereocenters. The van der Waals surface area contributed by atoms with Crippen molar-refractivity contribution in [1.82, 2.24) is 9.78 Å². The van der Waals surface area contributed by atoms with Crippen LogP contribution in [0, 0.1) is 13.8 Å². The number of nitrogens with zero attached hydrogens (tertiary/aromatic N) is 2. The lowest BCUT2D eigenvalue weighted by atomic mass is 10.1. The third-order valence-electron chi connectivity index (χ3n) is 4.09. The van der Waals surface area contributed by atoms with Crippen molar-refractivity contribution in [3.63, 3.8) is 0 Å². The summed E-state index contributed by atoms with van der Waals surface area (Å²) >= 11 is 6.09. The molecule has 0 spiro atoms. The number of carbonyl (C=O) groups excluding carboxylic acids is 1. The van der Waals surface area contributed by atoms with Crippen molar-refractivity contribution >= 4 is 23.2 Å². The van der Waals surface area contributed by atoms with Crippen LogP contribution in [-0.2, 0) is 13.2 Å². The van der Waals surface area contributed by atoms with Crippen molar-refractivity contribution in [2.24, 2.45) is 0 Å². The number of hydrogen-bond acceptors (Lipinski definition) is 3. The molecule has 0 aliphatic rings. The van der Waals surface area contributed by atoms with Gasteiger partial charge in [-0.3, -0.25) is 9.48 Å². The minimum Gasteiger partial charge on any atom is -0.489 e. The van der Waals surface area contributed by atoms with Crippen molar-refractivity contribution in [3.05, 3.63) is 76.1 Å². The summed E-state index contributed by atoms with van der Waals surface area (Å²) in [5.41, 5.74) is 4.32. The number of benzene rings is 2. The largest absolute Gasteiger partial charge is 0.489 e. The van der Waals surface area contributed by atoms with E-state index >= 15 is 0 Å². The molecule has 0 aliphatic carbocycles. The maximum atomic E-state index is 12.6. The molecule has 6 heteroatoms. The maximum Gasteiger partial charge on any atom is 0.275 e. The Morgan fingerprint density at radius 3 is 2.63 bits per heavy atom. The Kier molecular flexibility index (Phi) is 5.81. The van der Waals surface area contributed by atoms with Gasteiger partial charge >= 0.3 is 0 Å². The summed E-state index contributed by atoms with van der Waals surface area (Å²) < 4.78 is 7.47. The normalized spacial score (nSPS) is 10.7. The van der Waals surface area contributed by atoms with Crippen LogP contribution in [0.2, 0.25) is 5.02 Å². The molecule has 0 saturated heterocycles. The minimum absolute atomic E-state index is 0.285. The van der Waals surface area contributed by atoms with Gasteiger partial charge in [-0.05, 0) is 61.7 Å². The highest BCUT2D eigenvalue weighted by Gasteiger charge is 2.17. The summed E-state index contributed by atoms with van der Waals surface area (Å²) in [6.45, 7) is 6.98. The van der Waals surface area contributed by atoms with E-state index in [0.717, 1.165) is 22.4 Å². The fraction of sp³-hybridized carbons (Fsp3) is 0.238. The van der Waals surface area contributed by atoms with E-state index in [0.29, 0.717) is 29.6 Å². The molecule has 0 atom stereocenters. The van der Waals surface area contributed by atoms with Crippen molar-refractivity contribution in [1.29, 1.82) is 0 Å². The molecule has 5 nitrogen and oxygen atoms in total. The molecule has 1 aromatic heterocycles. The number of aromatic nitrogens is 2. The van der Waals surface area contributed by atoms with Crippen LogP contribution < -0.4 is 10.1 Å². The highest BCUT2D eigenvalue weighted by Crippen LogP contribution is 2.20. The van der Waals surface area contributed by atoms with Crippen LogP contribution in [0.15, 0.2) is 48.7 Å². The van der Waals surface area contributed by atoms with Gasteiger partial charge in [0.15, 0.2) is 0 Å². The quantitative estimate of drug-likeness (QED) is 0.651. The first-order valence-corrected chi connectivity index (χ1v) is 9.16. The number of amides is 1. The summed E-state index contributed by atoms with van der Waals surface area (Å²) in [7, 11) is 0. The molecule has 0 bridgehead atoms. The smallest absolute Gasteiger partial charge is 0.275 e. The Balaban J connectivity index is 1.70. The number of anilines is 1. The molecule has 2 aromatic carbocycles. The van der Waals surface area contributed by atoms with Gasteiger partial charge < -0.3 is 10.1 Å². The third-order valence-corrected chi connectivity index (χ3v) is 4.37. The molecule has 0 saturated carbocycles. The number of nitrogens with one attached hydrogen (secondary N) is 1. The van der Waals surface area contributed by atoms with Gasteiger partial charge in [0, 0.05) is 12.2 Å². The third kappa shape index (κ3) is 4.68. The van der Waals surface area contributed by atoms with Crippen molar-refractivity contribution in [2.45, 2.75) is 33.9 Å². The van der Waals surface area contributed by atoms with Gasteiger partial charge in [-0.25, -0.2) is 0 Å². The number of ether oxygens (including phenoxy) is 1. The highest BCUT2D eigenvalue weighted by atomic mass is 35.5. The molecule has 1 N–H and O–H groups in total. The summed E-state index contributed by atoms with van der Waals surface area (Å²) in [4.78, 5) is 12.6. The van der Waals surface area contributed by atoms with Crippen molar-refractivity contribution in [2.75, 3.05) is 5.32 Å². The first-order valence-electron chi connectivity index (χ1n) is 8.79. The fourth-order valence-electron chi connectivity index (χ4n) is 2.94. The molecule has 1 amide bonds. The molecule has 3 aromatic rings. The van der Waals surface area contributed by atoms with E-state index < -0.39 is 0 Å². The van der Waals surface area contributed by atoms with Gasteiger partial charge in [-0.1, -0.05) is 29.8 Å². The van der Waals surface area contributed by atoms with E-state index in [9.17, 15) is 4.79 Å². The number of carbonyl (C=O) groups is 1. The number of aryl methyl sites for hydroxylation is 3. The average molecular weight is 384 g/mol. The zero-order chi connectivity index (χ0) is 19.4. The topological polar surface area (TPSA) is 56.2 Å². The van der Waals surface area contributed by atoms with Crippen LogP contribution in [0.3, 0.4) is 0 Å². The van der Waals surface area contributed by atoms with E-state index in [2.05, 4.69) is 16.5 Å². The zero-order valence-electron chi connectivity index (χ0n) is 15.6. The van der Waals surface area contributed by atoms with Crippen LogP contribution in [0.25, 0.3) is 0 Å². The predicted octanol–water partition coefficient (Wildman–Crippen LogP) is 5.00. The van der Waals surface area contributed by atoms with E-state index in [1.165, 1.54) is 6.20 Å². The lowest BCUT2D eigenvalue weighted by Crippen LogP contribution is -2.18. The lowest BCUT2D eigenvalue weighted by molar-refractivity contribution is 0.101. The average Bonchev–Trinajstić information content (AvgIpc) is 3.00. The maximum absolute atomic E-state index is 12.6. The van der Waals surface area contributed by atoms with Gasteiger partial charge in [0.05, 0.1) is 11.2 Å². The summed E-state index contributed by atoms with van der Waals surface area (Å²) in [5, 5.41) is 7.31. The summed E-state index contributed by atoms with van der Waals surface area (Å²) in [6, 6.07) is 13.7. The van der Waals surface area contributed by atoms with Gasteiger partial charge in [0.2, 0.25) is 0 Å². The van der Waals surface area contributed by atoms with E-state index in [1.807, 2.05) is 57.2 Å². The molecule has 0 fully saturated rings. The predicted molar refractivity (Wildman–Crippen MR) is 108 cm³/mol. The molecule has 3 rings (SSSR count). The van der Waals surface area contributed by atoms with Crippen LogP contribution in [0.4, 0.5) is 5.69 Å². The monoisotopic (exact) mass is 383 g/mol. The van der Waals surface area contributed by atoms with Gasteiger partial charge in [-0.2, -0.15) is 5.10 Å². The first-order chi connectivity index (χ1) is 13.0. The Bertz CT molecular complexity index is 946. The van der Waals surface area contributed by atoms with Crippen molar-refractivity contribution < 1.29 is 9.53 Å². The Hall–Kier alpha value is -2.79. The first kappa shape index (κ1) is 19.0. The SMILES string of the molecule is CCn1ncc(Cl)c1C(=O)Nc1cccc(COc2cc(C)cc(C)c2)c1. The van der Waals surface area contributed by atoms with Crippen LogP contribution in [0.1, 0.15) is 34.1 Å². The number of hydrogen-bond donors (Lipinski definition) is 1. The minimum atomic E-state index is -0.285. The molecular weight excluding hydrogens is 362 g/mol. The van der Waals surface area contributed by atoms with Crippen molar-refractivity contribution in [3.8, 4) is 5.75 Å². The van der Waals surface area contributed by atoms with E-state index in [-0.39, 0.29) is 5.91 Å². The van der Waals surface area contributed by atoms with E-state index in [4.69, 9.17) is 16.3 Å². The lowest BCUT2D eigenvalue weighted by Gasteiger charge is -2.11. The summed E-state index contributed by atoms with van der Waals surface area (Å²) in [5.74, 6) is 0.548. The fourth-order valence-corrected chi connectivity index (χ4v) is 3.17. The Morgan fingerprint density at radius 2 is 1.93 bits per heavy atom. The van der Waals surface area contributed by atoms with Gasteiger partial charge in [0.25, 0.3) is 5.91 Å². The van der Waals surface area contributed by atoms with E-state index in [1.54, 1.807) is 4.68 Å². The molecule has 0 radical (unpaired) electrons. The number of halogens is 1. The second kappa shape index (κ2) is 8.27. The number of rotatable bonds is 6. The second-order valence-corrected chi connectivity index (χ2v) is 6.83. The Morgan fingerprint density at radius 1 is 1.19 bits per heavy atom. The molecule has 27 heavy (non-hydrogen) atoms. The van der Waals surface area contributed by atoms with Crippen LogP contribution in [0.5, 0.6) is 5.75 Å². The Labute approximate surface area is 163 Å². The standard InChI is InChI=1S/C21H22ClN3O2/c1-4-25-20(19(22)12-23-25)21(26)24-17-7-5-6-16(11-17)13-27-18-9-14(2)8-15(3)10-18/h5-12H,4,13H2,1-3H3,(H,24,26). The molecule has 0 aliphatic heterocycles. The molecule has 1 heterocycles. The second-order valence-electron chi connectivity index (χ2n) is 6.42. The molecule has 140 valence electrons. The van der Waals surface area contributed by atoms with Crippen LogP contribution >= 0.6 is 11.6 Å². The van der Waals surface area contributed by atoms with Gasteiger partial charge in [0.1, 0.15) is 18.1 Å². The van der Waals surface area contributed by atoms with Crippen LogP contribution in [-0.4, -0.2) is 15.7 Å². The zero-order valence-corrected chi connectivity index (χ0v) is 16.4. The highest BCUT2D eigenvalue weighted by molar-refractivity contribution is 6.34. The van der Waals surface area contributed by atoms with Gasteiger partial charge in [-0.15, -0.1) is 0 Å². The summed E-state index contributed by atoms with van der Waals surface area (Å²) in [6.07, 6.45) is 1.48.